The van der Waals surface area contributed by atoms with Crippen LogP contribution in [-0.2, 0) is 11.2 Å². The van der Waals surface area contributed by atoms with Crippen LogP contribution in [0.15, 0.2) is 22.8 Å². The number of hydrogen-bond donors (Lipinski definition) is 1. The summed E-state index contributed by atoms with van der Waals surface area (Å²) in [5.41, 5.74) is 4.27. The van der Waals surface area contributed by atoms with E-state index in [9.17, 15) is 4.79 Å². The van der Waals surface area contributed by atoms with Crippen LogP contribution in [0.1, 0.15) is 29.5 Å². The van der Waals surface area contributed by atoms with Crippen LogP contribution in [0.2, 0.25) is 0 Å². The molecule has 1 N–H and O–H groups in total. The Bertz CT molecular complexity index is 690. The molecule has 1 aromatic carbocycles. The molecule has 1 aliphatic heterocycles. The first-order valence-corrected chi connectivity index (χ1v) is 7.98. The minimum atomic E-state index is 0.0845. The zero-order valence-corrected chi connectivity index (χ0v) is 13.6. The molecule has 0 unspecified atom stereocenters. The van der Waals surface area contributed by atoms with Gasteiger partial charge in [-0.05, 0) is 63.5 Å². The van der Waals surface area contributed by atoms with Gasteiger partial charge < -0.3 is 14.6 Å². The molecule has 1 fully saturated rings. The highest BCUT2D eigenvalue weighted by atomic mass is 16.3. The molecule has 1 aliphatic rings. The number of furan rings is 1. The number of nitrogens with one attached hydrogen (secondary N) is 1. The Morgan fingerprint density at radius 1 is 1.36 bits per heavy atom. The number of benzene rings is 1. The molecule has 0 spiro atoms. The molecule has 4 heteroatoms. The lowest BCUT2D eigenvalue weighted by Crippen LogP contribution is -2.46. The fourth-order valence-electron chi connectivity index (χ4n) is 3.21. The smallest absolute Gasteiger partial charge is 0.224 e. The van der Waals surface area contributed by atoms with Crippen molar-refractivity contribution >= 4 is 16.9 Å². The summed E-state index contributed by atoms with van der Waals surface area (Å²) in [5.74, 6) is 0.0845. The monoisotopic (exact) mass is 300 g/mol. The van der Waals surface area contributed by atoms with Crippen molar-refractivity contribution in [2.75, 3.05) is 20.1 Å². The van der Waals surface area contributed by atoms with Gasteiger partial charge in [0.2, 0.25) is 5.91 Å². The number of rotatable bonds is 3. The molecular formula is C18H24N2O2. The summed E-state index contributed by atoms with van der Waals surface area (Å²) in [4.78, 5) is 14.6. The molecule has 0 saturated carbocycles. The predicted molar refractivity (Wildman–Crippen MR) is 88.1 cm³/mol. The van der Waals surface area contributed by atoms with Gasteiger partial charge in [-0.2, -0.15) is 0 Å². The molecule has 1 aromatic heterocycles. The van der Waals surface area contributed by atoms with Gasteiger partial charge in [-0.3, -0.25) is 4.79 Å². The van der Waals surface area contributed by atoms with Gasteiger partial charge in [0, 0.05) is 23.5 Å². The van der Waals surface area contributed by atoms with Crippen molar-refractivity contribution in [3.63, 3.8) is 0 Å². The number of amides is 1. The third-order valence-electron chi connectivity index (χ3n) is 4.61. The second-order valence-corrected chi connectivity index (χ2v) is 6.54. The quantitative estimate of drug-likeness (QED) is 0.948. The van der Waals surface area contributed by atoms with Gasteiger partial charge >= 0.3 is 0 Å². The molecule has 1 atom stereocenters. The van der Waals surface area contributed by atoms with Gasteiger partial charge in [0.15, 0.2) is 0 Å². The molecule has 2 aromatic rings. The zero-order chi connectivity index (χ0) is 15.7. The maximum Gasteiger partial charge on any atom is 0.224 e. The van der Waals surface area contributed by atoms with Crippen LogP contribution in [0.5, 0.6) is 0 Å². The number of aryl methyl sites for hydroxylation is 2. The lowest BCUT2D eigenvalue weighted by molar-refractivity contribution is -0.121. The van der Waals surface area contributed by atoms with Crippen LogP contribution in [0.3, 0.4) is 0 Å². The van der Waals surface area contributed by atoms with E-state index < -0.39 is 0 Å². The van der Waals surface area contributed by atoms with Crippen LogP contribution in [-0.4, -0.2) is 37.0 Å². The van der Waals surface area contributed by atoms with E-state index in [0.717, 1.165) is 42.5 Å². The molecule has 0 bridgehead atoms. The third-order valence-corrected chi connectivity index (χ3v) is 4.61. The molecule has 1 saturated heterocycles. The van der Waals surface area contributed by atoms with Crippen LogP contribution in [0.25, 0.3) is 11.0 Å². The maximum atomic E-state index is 12.3. The third kappa shape index (κ3) is 3.17. The van der Waals surface area contributed by atoms with Gasteiger partial charge in [-0.25, -0.2) is 0 Å². The molecule has 4 nitrogen and oxygen atoms in total. The lowest BCUT2D eigenvalue weighted by Gasteiger charge is -2.30. The summed E-state index contributed by atoms with van der Waals surface area (Å²) >= 11 is 0. The summed E-state index contributed by atoms with van der Waals surface area (Å²) in [5, 5.41) is 4.21. The highest BCUT2D eigenvalue weighted by Crippen LogP contribution is 2.25. The Labute approximate surface area is 131 Å². The minimum absolute atomic E-state index is 0.0845. The molecule has 22 heavy (non-hydrogen) atoms. The van der Waals surface area contributed by atoms with E-state index in [1.165, 1.54) is 11.1 Å². The molecule has 1 amide bonds. The fourth-order valence-corrected chi connectivity index (χ4v) is 3.21. The Hall–Kier alpha value is -1.81. The number of likely N-dealkylation sites (tertiary alicyclic amines) is 1. The van der Waals surface area contributed by atoms with Crippen LogP contribution >= 0.6 is 0 Å². The van der Waals surface area contributed by atoms with E-state index in [4.69, 9.17) is 4.42 Å². The van der Waals surface area contributed by atoms with Crippen molar-refractivity contribution in [1.29, 1.82) is 0 Å². The fraction of sp³-hybridized carbons (Fsp3) is 0.500. The molecule has 0 aliphatic carbocycles. The average Bonchev–Trinajstić information content (AvgIpc) is 2.81. The standard InChI is InChI=1S/C18H24N2O2/c1-12-7-16-14(11-22-17(16)8-13(12)2)9-18(21)19-15-5-4-6-20(3)10-15/h7-8,11,15H,4-6,9-10H2,1-3H3,(H,19,21)/t15-/m0/s1. The first kappa shape index (κ1) is 15.1. The highest BCUT2D eigenvalue weighted by Gasteiger charge is 2.20. The zero-order valence-electron chi connectivity index (χ0n) is 13.6. The van der Waals surface area contributed by atoms with E-state index in [2.05, 4.69) is 37.2 Å². The van der Waals surface area contributed by atoms with Crippen molar-refractivity contribution in [1.82, 2.24) is 10.2 Å². The van der Waals surface area contributed by atoms with Gasteiger partial charge in [0.1, 0.15) is 5.58 Å². The summed E-state index contributed by atoms with van der Waals surface area (Å²) < 4.78 is 5.60. The summed E-state index contributed by atoms with van der Waals surface area (Å²) in [6.07, 6.45) is 4.32. The predicted octanol–water partition coefficient (Wildman–Crippen LogP) is 2.80. The Morgan fingerprint density at radius 3 is 2.91 bits per heavy atom. The molecule has 2 heterocycles. The van der Waals surface area contributed by atoms with E-state index in [1.807, 2.05) is 6.07 Å². The maximum absolute atomic E-state index is 12.3. The lowest BCUT2D eigenvalue weighted by atomic mass is 10.0. The Morgan fingerprint density at radius 2 is 2.14 bits per heavy atom. The first-order valence-electron chi connectivity index (χ1n) is 7.98. The van der Waals surface area contributed by atoms with Crippen LogP contribution in [0, 0.1) is 13.8 Å². The topological polar surface area (TPSA) is 45.5 Å². The first-order chi connectivity index (χ1) is 10.5. The van der Waals surface area contributed by atoms with E-state index in [1.54, 1.807) is 6.26 Å². The summed E-state index contributed by atoms with van der Waals surface area (Å²) in [6, 6.07) is 4.43. The number of hydrogen-bond acceptors (Lipinski definition) is 3. The molecule has 0 radical (unpaired) electrons. The minimum Gasteiger partial charge on any atom is -0.464 e. The van der Waals surface area contributed by atoms with Gasteiger partial charge in [-0.1, -0.05) is 0 Å². The van der Waals surface area contributed by atoms with E-state index in [0.29, 0.717) is 6.42 Å². The van der Waals surface area contributed by atoms with Gasteiger partial charge in [0.05, 0.1) is 12.7 Å². The molecule has 118 valence electrons. The number of carbonyl (C=O) groups excluding carboxylic acids is 1. The van der Waals surface area contributed by atoms with Crippen LogP contribution in [0.4, 0.5) is 0 Å². The van der Waals surface area contributed by atoms with Crippen molar-refractivity contribution in [3.05, 3.63) is 35.1 Å². The largest absolute Gasteiger partial charge is 0.464 e. The van der Waals surface area contributed by atoms with Gasteiger partial charge in [0.25, 0.3) is 0 Å². The molecular weight excluding hydrogens is 276 g/mol. The summed E-state index contributed by atoms with van der Waals surface area (Å²) in [6.45, 7) is 6.22. The van der Waals surface area contributed by atoms with Crippen molar-refractivity contribution in [2.45, 2.75) is 39.2 Å². The Kier molecular flexibility index (Phi) is 4.21. The molecule has 3 rings (SSSR count). The number of piperidine rings is 1. The average molecular weight is 300 g/mol. The van der Waals surface area contributed by atoms with Gasteiger partial charge in [-0.15, -0.1) is 0 Å². The van der Waals surface area contributed by atoms with Crippen LogP contribution < -0.4 is 5.32 Å². The number of nitrogens with zero attached hydrogens (tertiary/aromatic N) is 1. The second-order valence-electron chi connectivity index (χ2n) is 6.54. The van der Waals surface area contributed by atoms with E-state index >= 15 is 0 Å². The van der Waals surface area contributed by atoms with Crippen molar-refractivity contribution in [2.24, 2.45) is 0 Å². The van der Waals surface area contributed by atoms with Crippen molar-refractivity contribution < 1.29 is 9.21 Å². The number of likely N-dealkylation sites (N-methyl/N-ethyl adjacent to an activating group) is 1. The SMILES string of the molecule is Cc1cc2occ(CC(=O)N[C@H]3CCCN(C)C3)c2cc1C. The number of fused-ring (bicyclic) bond motifs is 1. The highest BCUT2D eigenvalue weighted by molar-refractivity contribution is 5.88. The van der Waals surface area contributed by atoms with Crippen molar-refractivity contribution in [3.8, 4) is 0 Å². The second kappa shape index (κ2) is 6.13. The normalized spacial score (nSPS) is 19.5. The Balaban J connectivity index is 1.70. The summed E-state index contributed by atoms with van der Waals surface area (Å²) in [7, 11) is 2.10. The van der Waals surface area contributed by atoms with E-state index in [-0.39, 0.29) is 11.9 Å². The number of carbonyl (C=O) groups is 1.